The van der Waals surface area contributed by atoms with E-state index in [1.165, 1.54) is 30.3 Å². The molecule has 0 N–H and O–H groups in total. The van der Waals surface area contributed by atoms with Crippen LogP contribution in [0.4, 0.5) is 14.7 Å². The Morgan fingerprint density at radius 2 is 1.72 bits per heavy atom. The largest absolute Gasteiger partial charge is 0.484 e. The number of nitrogens with zero attached hydrogens (tertiary/aromatic N) is 4. The van der Waals surface area contributed by atoms with Crippen molar-refractivity contribution in [2.24, 2.45) is 0 Å². The number of piperazine rings is 1. The molecule has 1 fully saturated rings. The van der Waals surface area contributed by atoms with Crippen molar-refractivity contribution < 1.29 is 18.3 Å². The van der Waals surface area contributed by atoms with Gasteiger partial charge in [-0.25, -0.2) is 13.8 Å². The first-order valence-corrected chi connectivity index (χ1v) is 9.31. The van der Waals surface area contributed by atoms with Gasteiger partial charge in [-0.1, -0.05) is 12.1 Å². The van der Waals surface area contributed by atoms with E-state index in [2.05, 4.69) is 4.98 Å². The summed E-state index contributed by atoms with van der Waals surface area (Å²) in [6.45, 7) is 2.07. The summed E-state index contributed by atoms with van der Waals surface area (Å²) in [6, 6.07) is 12.1. The Balaban J connectivity index is 1.35. The van der Waals surface area contributed by atoms with Gasteiger partial charge >= 0.3 is 0 Å². The zero-order chi connectivity index (χ0) is 20.2. The Bertz CT molecular complexity index is 982. The number of imidazole rings is 1. The number of ether oxygens (including phenoxy) is 1. The van der Waals surface area contributed by atoms with Crippen LogP contribution in [0.1, 0.15) is 0 Å². The van der Waals surface area contributed by atoms with Crippen molar-refractivity contribution in [1.82, 2.24) is 14.5 Å². The van der Waals surface area contributed by atoms with Crippen LogP contribution >= 0.6 is 0 Å². The molecule has 0 saturated carbocycles. The normalized spacial score (nSPS) is 14.1. The van der Waals surface area contributed by atoms with Crippen LogP contribution in [-0.4, -0.2) is 53.1 Å². The van der Waals surface area contributed by atoms with Gasteiger partial charge in [0.1, 0.15) is 17.4 Å². The van der Waals surface area contributed by atoms with Gasteiger partial charge in [0.05, 0.1) is 5.69 Å². The minimum Gasteiger partial charge on any atom is -0.484 e. The summed E-state index contributed by atoms with van der Waals surface area (Å²) in [5.41, 5.74) is 0.436. The maximum Gasteiger partial charge on any atom is 0.260 e. The van der Waals surface area contributed by atoms with E-state index in [1.807, 2.05) is 4.90 Å². The van der Waals surface area contributed by atoms with Crippen molar-refractivity contribution >= 4 is 11.9 Å². The van der Waals surface area contributed by atoms with E-state index in [9.17, 15) is 13.6 Å². The quantitative estimate of drug-likeness (QED) is 0.663. The first kappa shape index (κ1) is 18.9. The van der Waals surface area contributed by atoms with Crippen LogP contribution < -0.4 is 9.64 Å². The molecule has 0 aliphatic carbocycles. The van der Waals surface area contributed by atoms with Crippen LogP contribution in [0.5, 0.6) is 5.75 Å². The molecule has 1 aliphatic rings. The number of anilines is 1. The number of hydrogen-bond acceptors (Lipinski definition) is 4. The molecule has 1 saturated heterocycles. The molecule has 150 valence electrons. The van der Waals surface area contributed by atoms with Gasteiger partial charge in [-0.2, -0.15) is 0 Å². The summed E-state index contributed by atoms with van der Waals surface area (Å²) in [5, 5.41) is 0. The fraction of sp³-hybridized carbons (Fsp3) is 0.238. The number of aromatic nitrogens is 2. The Labute approximate surface area is 166 Å². The lowest BCUT2D eigenvalue weighted by Gasteiger charge is -2.35. The summed E-state index contributed by atoms with van der Waals surface area (Å²) in [7, 11) is 0. The molecular formula is C21H20F2N4O2. The van der Waals surface area contributed by atoms with Gasteiger partial charge in [0.25, 0.3) is 5.91 Å². The van der Waals surface area contributed by atoms with E-state index in [1.54, 1.807) is 40.1 Å². The maximum absolute atomic E-state index is 14.2. The van der Waals surface area contributed by atoms with Gasteiger partial charge in [0, 0.05) is 38.6 Å². The van der Waals surface area contributed by atoms with E-state index in [4.69, 9.17) is 4.74 Å². The third kappa shape index (κ3) is 4.21. The Morgan fingerprint density at radius 3 is 2.45 bits per heavy atom. The SMILES string of the molecule is O=C(COc1ccc(F)cc1)N1CCN(c2nccn2-c2ccccc2F)CC1. The van der Waals surface area contributed by atoms with Gasteiger partial charge in [-0.3, -0.25) is 9.36 Å². The second-order valence-electron chi connectivity index (χ2n) is 6.66. The highest BCUT2D eigenvalue weighted by atomic mass is 19.1. The predicted molar refractivity (Wildman–Crippen MR) is 104 cm³/mol. The average Bonchev–Trinajstić information content (AvgIpc) is 3.23. The van der Waals surface area contributed by atoms with E-state index in [0.29, 0.717) is 43.6 Å². The van der Waals surface area contributed by atoms with Crippen molar-refractivity contribution in [1.29, 1.82) is 0 Å². The Morgan fingerprint density at radius 1 is 1.00 bits per heavy atom. The molecule has 29 heavy (non-hydrogen) atoms. The van der Waals surface area contributed by atoms with Gasteiger partial charge in [0.15, 0.2) is 6.61 Å². The highest BCUT2D eigenvalue weighted by Gasteiger charge is 2.24. The number of rotatable bonds is 5. The first-order chi connectivity index (χ1) is 14.1. The molecule has 2 heterocycles. The standard InChI is InChI=1S/C21H20F2N4O2/c22-16-5-7-17(8-6-16)29-15-20(28)25-11-13-26(14-12-25)21-24-9-10-27(21)19-4-2-1-3-18(19)23/h1-10H,11-15H2. The fourth-order valence-electron chi connectivity index (χ4n) is 3.29. The molecule has 8 heteroatoms. The highest BCUT2D eigenvalue weighted by molar-refractivity contribution is 5.78. The Kier molecular flexibility index (Phi) is 5.41. The third-order valence-electron chi connectivity index (χ3n) is 4.82. The van der Waals surface area contributed by atoms with Crippen molar-refractivity contribution in [3.63, 3.8) is 0 Å². The molecule has 0 bridgehead atoms. The van der Waals surface area contributed by atoms with Crippen molar-refractivity contribution in [3.05, 3.63) is 72.6 Å². The van der Waals surface area contributed by atoms with Crippen LogP contribution in [0.3, 0.4) is 0 Å². The number of halogens is 2. The lowest BCUT2D eigenvalue weighted by atomic mass is 10.3. The van der Waals surface area contributed by atoms with Crippen LogP contribution in [0.15, 0.2) is 60.9 Å². The molecule has 6 nitrogen and oxygen atoms in total. The van der Waals surface area contributed by atoms with Gasteiger partial charge < -0.3 is 14.5 Å². The molecule has 2 aromatic carbocycles. The van der Waals surface area contributed by atoms with Crippen LogP contribution in [0.2, 0.25) is 0 Å². The zero-order valence-electron chi connectivity index (χ0n) is 15.7. The highest BCUT2D eigenvalue weighted by Crippen LogP contribution is 2.22. The summed E-state index contributed by atoms with van der Waals surface area (Å²) in [4.78, 5) is 20.5. The first-order valence-electron chi connectivity index (χ1n) is 9.31. The van der Waals surface area contributed by atoms with E-state index in [0.717, 1.165) is 0 Å². The smallest absolute Gasteiger partial charge is 0.260 e. The molecule has 3 aromatic rings. The number of carbonyl (C=O) groups excluding carboxylic acids is 1. The molecule has 0 radical (unpaired) electrons. The lowest BCUT2D eigenvalue weighted by Crippen LogP contribution is -2.50. The zero-order valence-corrected chi connectivity index (χ0v) is 15.7. The van der Waals surface area contributed by atoms with Gasteiger partial charge in [-0.15, -0.1) is 0 Å². The lowest BCUT2D eigenvalue weighted by molar-refractivity contribution is -0.133. The number of benzene rings is 2. The molecule has 0 atom stereocenters. The summed E-state index contributed by atoms with van der Waals surface area (Å²) in [6.07, 6.45) is 3.36. The minimum absolute atomic E-state index is 0.102. The number of carbonyl (C=O) groups is 1. The van der Waals surface area contributed by atoms with Crippen LogP contribution in [-0.2, 0) is 4.79 Å². The summed E-state index contributed by atoms with van der Waals surface area (Å²) in [5.74, 6) is 0.286. The Hall–Kier alpha value is -3.42. The molecule has 4 rings (SSSR count). The van der Waals surface area contributed by atoms with Crippen molar-refractivity contribution in [2.75, 3.05) is 37.7 Å². The third-order valence-corrected chi connectivity index (χ3v) is 4.82. The molecule has 1 aromatic heterocycles. The number of para-hydroxylation sites is 1. The summed E-state index contributed by atoms with van der Waals surface area (Å²) < 4.78 is 34.2. The van der Waals surface area contributed by atoms with Gasteiger partial charge in [-0.05, 0) is 36.4 Å². The van der Waals surface area contributed by atoms with Crippen LogP contribution in [0.25, 0.3) is 5.69 Å². The molecule has 0 spiro atoms. The molecule has 0 unspecified atom stereocenters. The average molecular weight is 398 g/mol. The monoisotopic (exact) mass is 398 g/mol. The minimum atomic E-state index is -0.353. The second-order valence-corrected chi connectivity index (χ2v) is 6.66. The fourth-order valence-corrected chi connectivity index (χ4v) is 3.29. The van der Waals surface area contributed by atoms with E-state index in [-0.39, 0.29) is 24.1 Å². The van der Waals surface area contributed by atoms with Crippen molar-refractivity contribution in [2.45, 2.75) is 0 Å². The number of hydrogen-bond donors (Lipinski definition) is 0. The number of amides is 1. The molecular weight excluding hydrogens is 378 g/mol. The van der Waals surface area contributed by atoms with E-state index < -0.39 is 0 Å². The van der Waals surface area contributed by atoms with Crippen molar-refractivity contribution in [3.8, 4) is 11.4 Å². The second kappa shape index (κ2) is 8.30. The molecule has 1 aliphatic heterocycles. The topological polar surface area (TPSA) is 50.6 Å². The maximum atomic E-state index is 14.2. The molecule has 1 amide bonds. The van der Waals surface area contributed by atoms with Gasteiger partial charge in [0.2, 0.25) is 5.95 Å². The van der Waals surface area contributed by atoms with E-state index >= 15 is 0 Å². The van der Waals surface area contributed by atoms with Crippen LogP contribution in [0, 0.1) is 11.6 Å². The summed E-state index contributed by atoms with van der Waals surface area (Å²) >= 11 is 0. The predicted octanol–water partition coefficient (Wildman–Crippen LogP) is 2.88.